The molecule has 0 N–H and O–H groups in total. The second-order valence-electron chi connectivity index (χ2n) is 6.64. The third kappa shape index (κ3) is 1.66. The predicted molar refractivity (Wildman–Crippen MR) is 110 cm³/mol. The van der Waals surface area contributed by atoms with E-state index >= 15 is 0 Å². The van der Waals surface area contributed by atoms with E-state index in [0.29, 0.717) is 0 Å². The Morgan fingerprint density at radius 3 is 1.27 bits per heavy atom. The van der Waals surface area contributed by atoms with Crippen molar-refractivity contribution in [1.82, 2.24) is 9.97 Å². The maximum Gasteiger partial charge on any atom is 0.0786 e. The highest BCUT2D eigenvalue weighted by molar-refractivity contribution is 6.38. The minimum Gasteiger partial charge on any atom is -0.256 e. The van der Waals surface area contributed by atoms with Crippen molar-refractivity contribution in [1.29, 1.82) is 0 Å². The standard InChI is InChI=1S/C24H14N2/c1-3-9-17-15(7-1)21-16-8-2-4-10-18(16)24-20(12-6-14-26-24)22(21)19-11-5-13-25-23(17)19/h1-14H. The van der Waals surface area contributed by atoms with E-state index in [-0.39, 0.29) is 0 Å². The maximum absolute atomic E-state index is 4.73. The first-order chi connectivity index (χ1) is 12.9. The zero-order chi connectivity index (χ0) is 17.1. The molecule has 4 aromatic carbocycles. The third-order valence-electron chi connectivity index (χ3n) is 5.31. The smallest absolute Gasteiger partial charge is 0.0786 e. The predicted octanol–water partition coefficient (Wildman–Crippen LogP) is 6.24. The summed E-state index contributed by atoms with van der Waals surface area (Å²) in [7, 11) is 0. The normalized spacial score (nSPS) is 11.8. The van der Waals surface area contributed by atoms with Crippen LogP contribution in [0, 0.1) is 0 Å². The first-order valence-corrected chi connectivity index (χ1v) is 8.78. The molecule has 0 radical (unpaired) electrons. The van der Waals surface area contributed by atoms with Gasteiger partial charge in [0, 0.05) is 39.3 Å². The van der Waals surface area contributed by atoms with E-state index < -0.39 is 0 Å². The van der Waals surface area contributed by atoms with Gasteiger partial charge >= 0.3 is 0 Å². The summed E-state index contributed by atoms with van der Waals surface area (Å²) in [6, 6.07) is 25.6. The van der Waals surface area contributed by atoms with Crippen molar-refractivity contribution in [2.45, 2.75) is 0 Å². The molecule has 0 aliphatic rings. The lowest BCUT2D eigenvalue weighted by Gasteiger charge is -2.15. The van der Waals surface area contributed by atoms with Gasteiger partial charge < -0.3 is 0 Å². The number of benzene rings is 4. The van der Waals surface area contributed by atoms with Crippen LogP contribution in [0.5, 0.6) is 0 Å². The van der Waals surface area contributed by atoms with E-state index in [1.807, 2.05) is 24.5 Å². The number of fused-ring (bicyclic) bond motifs is 11. The van der Waals surface area contributed by atoms with Crippen LogP contribution in [0.4, 0.5) is 0 Å². The largest absolute Gasteiger partial charge is 0.256 e. The maximum atomic E-state index is 4.73. The summed E-state index contributed by atoms with van der Waals surface area (Å²) in [6.07, 6.45) is 3.75. The van der Waals surface area contributed by atoms with Crippen LogP contribution < -0.4 is 0 Å². The zero-order valence-electron chi connectivity index (χ0n) is 14.0. The fraction of sp³-hybridized carbons (Fsp3) is 0. The fourth-order valence-corrected chi connectivity index (χ4v) is 4.29. The molecule has 0 aliphatic carbocycles. The topological polar surface area (TPSA) is 25.8 Å². The minimum absolute atomic E-state index is 1.05. The Morgan fingerprint density at radius 1 is 0.385 bits per heavy atom. The lowest BCUT2D eigenvalue weighted by molar-refractivity contribution is 1.43. The van der Waals surface area contributed by atoms with Crippen LogP contribution in [0.15, 0.2) is 85.2 Å². The molecule has 2 heteroatoms. The minimum atomic E-state index is 1.05. The van der Waals surface area contributed by atoms with Gasteiger partial charge in [-0.3, -0.25) is 9.97 Å². The lowest BCUT2D eigenvalue weighted by Crippen LogP contribution is -1.90. The summed E-state index contributed by atoms with van der Waals surface area (Å²) >= 11 is 0. The molecule has 0 amide bonds. The van der Waals surface area contributed by atoms with Gasteiger partial charge in [-0.15, -0.1) is 0 Å². The van der Waals surface area contributed by atoms with E-state index in [0.717, 1.165) is 11.0 Å². The molecule has 0 saturated carbocycles. The molecule has 2 aromatic heterocycles. The summed E-state index contributed by atoms with van der Waals surface area (Å²) in [4.78, 5) is 9.45. The molecule has 0 atom stereocenters. The first-order valence-electron chi connectivity index (χ1n) is 8.78. The number of aromatic nitrogens is 2. The van der Waals surface area contributed by atoms with E-state index in [1.165, 1.54) is 43.1 Å². The summed E-state index contributed by atoms with van der Waals surface area (Å²) < 4.78 is 0. The number of hydrogen-bond acceptors (Lipinski definition) is 2. The fourth-order valence-electron chi connectivity index (χ4n) is 4.29. The molecule has 26 heavy (non-hydrogen) atoms. The Balaban J connectivity index is 2.14. The quantitative estimate of drug-likeness (QED) is 0.308. The van der Waals surface area contributed by atoms with Gasteiger partial charge in [0.1, 0.15) is 0 Å². The van der Waals surface area contributed by atoms with Gasteiger partial charge in [-0.25, -0.2) is 0 Å². The molecule has 0 spiro atoms. The average molecular weight is 330 g/mol. The van der Waals surface area contributed by atoms with Crippen LogP contribution in [-0.2, 0) is 0 Å². The number of hydrogen-bond donors (Lipinski definition) is 0. The second-order valence-corrected chi connectivity index (χ2v) is 6.64. The molecule has 2 heterocycles. The van der Waals surface area contributed by atoms with Gasteiger partial charge in [0.15, 0.2) is 0 Å². The van der Waals surface area contributed by atoms with Crippen molar-refractivity contribution in [2.75, 3.05) is 0 Å². The van der Waals surface area contributed by atoms with Crippen LogP contribution in [-0.4, -0.2) is 9.97 Å². The molecule has 0 unspecified atom stereocenters. The SMILES string of the molecule is c1ccc2c(c1)c1ncccc1c1c3cccnc3c3ccccc3c21. The Morgan fingerprint density at radius 2 is 0.769 bits per heavy atom. The molecule has 0 bridgehead atoms. The lowest BCUT2D eigenvalue weighted by atomic mass is 9.90. The summed E-state index contributed by atoms with van der Waals surface area (Å²) in [5.74, 6) is 0. The van der Waals surface area contributed by atoms with Crippen molar-refractivity contribution in [3.63, 3.8) is 0 Å². The third-order valence-corrected chi connectivity index (χ3v) is 5.31. The molecule has 0 aliphatic heterocycles. The van der Waals surface area contributed by atoms with E-state index in [4.69, 9.17) is 9.97 Å². The molecule has 120 valence electrons. The van der Waals surface area contributed by atoms with Crippen molar-refractivity contribution < 1.29 is 0 Å². The average Bonchev–Trinajstić information content (AvgIpc) is 2.73. The highest BCUT2D eigenvalue weighted by atomic mass is 14.7. The van der Waals surface area contributed by atoms with Gasteiger partial charge in [0.25, 0.3) is 0 Å². The highest BCUT2D eigenvalue weighted by Gasteiger charge is 2.15. The van der Waals surface area contributed by atoms with Gasteiger partial charge in [-0.2, -0.15) is 0 Å². The van der Waals surface area contributed by atoms with Crippen molar-refractivity contribution in [3.8, 4) is 0 Å². The van der Waals surface area contributed by atoms with Gasteiger partial charge in [-0.05, 0) is 28.3 Å². The van der Waals surface area contributed by atoms with Crippen LogP contribution in [0.2, 0.25) is 0 Å². The van der Waals surface area contributed by atoms with Crippen LogP contribution in [0.1, 0.15) is 0 Å². The monoisotopic (exact) mass is 330 g/mol. The van der Waals surface area contributed by atoms with Gasteiger partial charge in [0.2, 0.25) is 0 Å². The van der Waals surface area contributed by atoms with Gasteiger partial charge in [0.05, 0.1) is 11.0 Å². The molecule has 6 aromatic rings. The second kappa shape index (κ2) is 4.99. The van der Waals surface area contributed by atoms with Crippen LogP contribution in [0.25, 0.3) is 54.1 Å². The molecular weight excluding hydrogens is 316 g/mol. The number of rotatable bonds is 0. The van der Waals surface area contributed by atoms with E-state index in [2.05, 4.69) is 60.7 Å². The molecule has 0 fully saturated rings. The molecular formula is C24H14N2. The molecule has 2 nitrogen and oxygen atoms in total. The Hall–Kier alpha value is -3.52. The zero-order valence-corrected chi connectivity index (χ0v) is 14.0. The van der Waals surface area contributed by atoms with Crippen LogP contribution >= 0.6 is 0 Å². The van der Waals surface area contributed by atoms with E-state index in [1.54, 1.807) is 0 Å². The molecule has 6 rings (SSSR count). The van der Waals surface area contributed by atoms with Crippen molar-refractivity contribution in [2.24, 2.45) is 0 Å². The Kier molecular flexibility index (Phi) is 2.64. The van der Waals surface area contributed by atoms with Crippen LogP contribution in [0.3, 0.4) is 0 Å². The first kappa shape index (κ1) is 13.7. The van der Waals surface area contributed by atoms with Crippen molar-refractivity contribution in [3.05, 3.63) is 85.2 Å². The molecule has 0 saturated heterocycles. The summed E-state index contributed by atoms with van der Waals surface area (Å²) in [5, 5.41) is 9.79. The van der Waals surface area contributed by atoms with Crippen molar-refractivity contribution >= 4 is 54.1 Å². The van der Waals surface area contributed by atoms with E-state index in [9.17, 15) is 0 Å². The summed E-state index contributed by atoms with van der Waals surface area (Å²) in [6.45, 7) is 0. The highest BCUT2D eigenvalue weighted by Crippen LogP contribution is 2.42. The number of nitrogens with zero attached hydrogens (tertiary/aromatic N) is 2. The number of pyridine rings is 2. The summed E-state index contributed by atoms with van der Waals surface area (Å²) in [5.41, 5.74) is 2.10. The van der Waals surface area contributed by atoms with Gasteiger partial charge in [-0.1, -0.05) is 60.7 Å². The Labute approximate surface area is 149 Å². The Bertz CT molecular complexity index is 1260.